The number of aryl methyl sites for hydroxylation is 2. The second kappa shape index (κ2) is 8.80. The van der Waals surface area contributed by atoms with Crippen LogP contribution in [0.2, 0.25) is 0 Å². The first-order valence-electron chi connectivity index (χ1n) is 7.51. The minimum Gasteiger partial charge on any atom is -0.383 e. The van der Waals surface area contributed by atoms with Crippen LogP contribution in [0.5, 0.6) is 0 Å². The highest BCUT2D eigenvalue weighted by atomic mass is 79.9. The van der Waals surface area contributed by atoms with Crippen molar-refractivity contribution in [3.63, 3.8) is 0 Å². The van der Waals surface area contributed by atoms with Crippen molar-refractivity contribution in [2.75, 3.05) is 20.3 Å². The molecule has 1 N–H and O–H groups in total. The van der Waals surface area contributed by atoms with E-state index in [2.05, 4.69) is 58.7 Å². The summed E-state index contributed by atoms with van der Waals surface area (Å²) in [7, 11) is 1.74. The summed E-state index contributed by atoms with van der Waals surface area (Å²) < 4.78 is 8.40. The lowest BCUT2D eigenvalue weighted by molar-refractivity contribution is 0.192. The van der Waals surface area contributed by atoms with Crippen LogP contribution in [0.4, 0.5) is 0 Å². The summed E-state index contributed by atoms with van der Waals surface area (Å²) in [4.78, 5) is 0. The van der Waals surface area contributed by atoms with Crippen LogP contribution in [-0.2, 0) is 24.1 Å². The van der Waals surface area contributed by atoms with Crippen molar-refractivity contribution >= 4 is 15.9 Å². The van der Waals surface area contributed by atoms with Crippen molar-refractivity contribution in [1.82, 2.24) is 15.1 Å². The molecule has 0 spiro atoms. The van der Waals surface area contributed by atoms with E-state index >= 15 is 0 Å². The van der Waals surface area contributed by atoms with E-state index < -0.39 is 0 Å². The van der Waals surface area contributed by atoms with Gasteiger partial charge in [-0.25, -0.2) is 0 Å². The Morgan fingerprint density at radius 1 is 1.35 bits per heavy atom. The van der Waals surface area contributed by atoms with Crippen LogP contribution in [0.15, 0.2) is 4.47 Å². The minimum absolute atomic E-state index is 0.460. The molecule has 0 aliphatic carbocycles. The van der Waals surface area contributed by atoms with Crippen LogP contribution in [-0.4, -0.2) is 36.1 Å². The molecule has 0 saturated heterocycles. The van der Waals surface area contributed by atoms with Crippen LogP contribution in [0, 0.1) is 5.92 Å². The zero-order valence-electron chi connectivity index (χ0n) is 13.4. The Bertz CT molecular complexity index is 406. The van der Waals surface area contributed by atoms with Gasteiger partial charge < -0.3 is 10.1 Å². The SMILES string of the molecule is CCc1nn(CC)c(CC(C)C(C)NCCOC)c1Br. The Kier molecular flexibility index (Phi) is 7.77. The van der Waals surface area contributed by atoms with Gasteiger partial charge in [-0.15, -0.1) is 0 Å². The number of hydrogen-bond donors (Lipinski definition) is 1. The highest BCUT2D eigenvalue weighted by Gasteiger charge is 2.19. The molecule has 0 bridgehead atoms. The third-order valence-corrected chi connectivity index (χ3v) is 4.75. The van der Waals surface area contributed by atoms with Crippen LogP contribution in [0.1, 0.15) is 39.1 Å². The quantitative estimate of drug-likeness (QED) is 0.699. The van der Waals surface area contributed by atoms with E-state index in [0.717, 1.165) is 38.2 Å². The molecule has 2 unspecified atom stereocenters. The Balaban J connectivity index is 2.69. The highest BCUT2D eigenvalue weighted by Crippen LogP contribution is 2.25. The second-order valence-corrected chi connectivity index (χ2v) is 6.09. The largest absolute Gasteiger partial charge is 0.383 e. The summed E-state index contributed by atoms with van der Waals surface area (Å²) in [5.74, 6) is 0.551. The van der Waals surface area contributed by atoms with E-state index in [1.54, 1.807) is 7.11 Å². The number of aromatic nitrogens is 2. The molecular formula is C15H28BrN3O. The lowest BCUT2D eigenvalue weighted by atomic mass is 9.97. The fraction of sp³-hybridized carbons (Fsp3) is 0.800. The highest BCUT2D eigenvalue weighted by molar-refractivity contribution is 9.10. The predicted octanol–water partition coefficient (Wildman–Crippen LogP) is 3.03. The lowest BCUT2D eigenvalue weighted by Crippen LogP contribution is -2.35. The van der Waals surface area contributed by atoms with Crippen molar-refractivity contribution in [2.24, 2.45) is 5.92 Å². The summed E-state index contributed by atoms with van der Waals surface area (Å²) in [6.45, 7) is 11.4. The normalized spacial score (nSPS) is 14.5. The summed E-state index contributed by atoms with van der Waals surface area (Å²) in [5.41, 5.74) is 2.48. The molecule has 0 aliphatic heterocycles. The van der Waals surface area contributed by atoms with Crippen LogP contribution < -0.4 is 5.32 Å². The van der Waals surface area contributed by atoms with Crippen molar-refractivity contribution < 1.29 is 4.74 Å². The molecule has 1 rings (SSSR count). The van der Waals surface area contributed by atoms with Gasteiger partial charge in [-0.05, 0) is 48.5 Å². The van der Waals surface area contributed by atoms with E-state index in [-0.39, 0.29) is 0 Å². The first-order valence-corrected chi connectivity index (χ1v) is 8.30. The van der Waals surface area contributed by atoms with Gasteiger partial charge in [-0.1, -0.05) is 13.8 Å². The maximum atomic E-state index is 5.08. The van der Waals surface area contributed by atoms with Gasteiger partial charge in [-0.3, -0.25) is 4.68 Å². The molecule has 0 radical (unpaired) electrons. The molecule has 0 fully saturated rings. The fourth-order valence-corrected chi connectivity index (χ4v) is 3.01. The summed E-state index contributed by atoms with van der Waals surface area (Å²) in [6.07, 6.45) is 2.00. The molecule has 5 heteroatoms. The molecular weight excluding hydrogens is 318 g/mol. The van der Waals surface area contributed by atoms with Crippen molar-refractivity contribution in [2.45, 2.75) is 53.1 Å². The van der Waals surface area contributed by atoms with E-state index in [9.17, 15) is 0 Å². The van der Waals surface area contributed by atoms with E-state index in [1.165, 1.54) is 10.2 Å². The first kappa shape index (κ1) is 17.7. The molecule has 0 saturated carbocycles. The van der Waals surface area contributed by atoms with Gasteiger partial charge in [0.05, 0.1) is 22.5 Å². The van der Waals surface area contributed by atoms with Gasteiger partial charge in [0, 0.05) is 26.2 Å². The Morgan fingerprint density at radius 2 is 2.05 bits per heavy atom. The molecule has 2 atom stereocenters. The van der Waals surface area contributed by atoms with Gasteiger partial charge in [0.15, 0.2) is 0 Å². The third-order valence-electron chi connectivity index (χ3n) is 3.84. The Labute approximate surface area is 131 Å². The number of halogens is 1. The fourth-order valence-electron chi connectivity index (χ4n) is 2.28. The van der Waals surface area contributed by atoms with Crippen molar-refractivity contribution in [3.05, 3.63) is 15.9 Å². The summed E-state index contributed by atoms with van der Waals surface area (Å²) in [5, 5.41) is 8.18. The molecule has 0 aliphatic rings. The average Bonchev–Trinajstić information content (AvgIpc) is 2.75. The molecule has 116 valence electrons. The summed E-state index contributed by atoms with van der Waals surface area (Å²) in [6, 6.07) is 0.460. The summed E-state index contributed by atoms with van der Waals surface area (Å²) >= 11 is 3.72. The number of nitrogens with one attached hydrogen (secondary N) is 1. The molecule has 1 aromatic heterocycles. The zero-order valence-corrected chi connectivity index (χ0v) is 15.0. The van der Waals surface area contributed by atoms with E-state index in [1.807, 2.05) is 0 Å². The predicted molar refractivity (Wildman–Crippen MR) is 87.2 cm³/mol. The average molecular weight is 346 g/mol. The molecule has 20 heavy (non-hydrogen) atoms. The molecule has 0 aromatic carbocycles. The molecule has 0 amide bonds. The number of methoxy groups -OCH3 is 1. The van der Waals surface area contributed by atoms with Crippen LogP contribution >= 0.6 is 15.9 Å². The van der Waals surface area contributed by atoms with Gasteiger partial charge in [0.2, 0.25) is 0 Å². The van der Waals surface area contributed by atoms with Crippen LogP contribution in [0.25, 0.3) is 0 Å². The van der Waals surface area contributed by atoms with Gasteiger partial charge in [0.25, 0.3) is 0 Å². The topological polar surface area (TPSA) is 39.1 Å². The Hall–Kier alpha value is -0.390. The maximum Gasteiger partial charge on any atom is 0.0766 e. The van der Waals surface area contributed by atoms with E-state index in [0.29, 0.717) is 12.0 Å². The third kappa shape index (κ3) is 4.57. The monoisotopic (exact) mass is 345 g/mol. The van der Waals surface area contributed by atoms with Crippen molar-refractivity contribution in [3.8, 4) is 0 Å². The molecule has 1 heterocycles. The first-order chi connectivity index (χ1) is 9.54. The minimum atomic E-state index is 0.460. The van der Waals surface area contributed by atoms with E-state index in [4.69, 9.17) is 4.74 Å². The maximum absolute atomic E-state index is 5.08. The number of nitrogens with zero attached hydrogens (tertiary/aromatic N) is 2. The lowest BCUT2D eigenvalue weighted by Gasteiger charge is -2.21. The Morgan fingerprint density at radius 3 is 2.60 bits per heavy atom. The second-order valence-electron chi connectivity index (χ2n) is 5.29. The van der Waals surface area contributed by atoms with Crippen LogP contribution in [0.3, 0.4) is 0 Å². The molecule has 4 nitrogen and oxygen atoms in total. The zero-order chi connectivity index (χ0) is 15.1. The molecule has 1 aromatic rings. The number of rotatable bonds is 9. The van der Waals surface area contributed by atoms with Gasteiger partial charge >= 0.3 is 0 Å². The number of ether oxygens (including phenoxy) is 1. The number of hydrogen-bond acceptors (Lipinski definition) is 3. The van der Waals surface area contributed by atoms with Gasteiger partial charge in [0.1, 0.15) is 0 Å². The van der Waals surface area contributed by atoms with Crippen molar-refractivity contribution in [1.29, 1.82) is 0 Å². The van der Waals surface area contributed by atoms with Gasteiger partial charge in [-0.2, -0.15) is 5.10 Å². The smallest absolute Gasteiger partial charge is 0.0766 e. The standard InChI is InChI=1S/C15H28BrN3O/c1-6-13-15(16)14(19(7-2)18-13)10-11(3)12(4)17-8-9-20-5/h11-12,17H,6-10H2,1-5H3.